The van der Waals surface area contributed by atoms with Crippen molar-refractivity contribution in [1.82, 2.24) is 10.6 Å². The van der Waals surface area contributed by atoms with Gasteiger partial charge in [-0.25, -0.2) is 4.79 Å². The molecule has 1 unspecified atom stereocenters. The summed E-state index contributed by atoms with van der Waals surface area (Å²) in [7, 11) is 0. The summed E-state index contributed by atoms with van der Waals surface area (Å²) < 4.78 is 17.5. The fourth-order valence-electron chi connectivity index (χ4n) is 5.58. The molecule has 2 aromatic rings. The second kappa shape index (κ2) is 12.6. The van der Waals surface area contributed by atoms with Gasteiger partial charge in [-0.1, -0.05) is 12.1 Å². The van der Waals surface area contributed by atoms with Crippen LogP contribution in [0, 0.1) is 11.8 Å². The highest BCUT2D eigenvalue weighted by Crippen LogP contribution is 2.31. The number of hydrogen-bond donors (Lipinski definition) is 2. The van der Waals surface area contributed by atoms with Crippen LogP contribution in [-0.2, 0) is 9.53 Å². The van der Waals surface area contributed by atoms with Crippen molar-refractivity contribution in [3.05, 3.63) is 54.1 Å². The average Bonchev–Trinajstić information content (AvgIpc) is 3.44. The predicted molar refractivity (Wildman–Crippen MR) is 159 cm³/mol. The van der Waals surface area contributed by atoms with Gasteiger partial charge >= 0.3 is 6.09 Å². The summed E-state index contributed by atoms with van der Waals surface area (Å²) in [5.74, 6) is 2.45. The van der Waals surface area contributed by atoms with Crippen molar-refractivity contribution < 1.29 is 23.8 Å². The maximum Gasteiger partial charge on any atom is 0.407 e. The van der Waals surface area contributed by atoms with E-state index in [4.69, 9.17) is 14.2 Å². The van der Waals surface area contributed by atoms with Crippen molar-refractivity contribution in [2.75, 3.05) is 24.6 Å². The number of anilines is 1. The fraction of sp³-hybridized carbons (Fsp3) is 0.576. The second-order valence-corrected chi connectivity index (χ2v) is 12.9. The largest absolute Gasteiger partial charge is 0.493 e. The molecule has 8 heteroatoms. The maximum absolute atomic E-state index is 12.9. The molecule has 0 spiro atoms. The highest BCUT2D eigenvalue weighted by atomic mass is 16.6. The molecule has 3 aliphatic rings. The van der Waals surface area contributed by atoms with Crippen molar-refractivity contribution >= 4 is 17.7 Å². The highest BCUT2D eigenvalue weighted by Gasteiger charge is 2.32. The molecule has 4 atom stereocenters. The Bertz CT molecular complexity index is 1170. The number of carbonyl (C=O) groups excluding carboxylic acids is 2. The van der Waals surface area contributed by atoms with Crippen LogP contribution in [0.3, 0.4) is 0 Å². The first-order chi connectivity index (χ1) is 19.6. The topological polar surface area (TPSA) is 89.1 Å². The Balaban J connectivity index is 1.04. The summed E-state index contributed by atoms with van der Waals surface area (Å²) in [5, 5.41) is 6.05. The summed E-state index contributed by atoms with van der Waals surface area (Å²) in [4.78, 5) is 27.4. The molecule has 2 aliphatic carbocycles. The van der Waals surface area contributed by atoms with Gasteiger partial charge in [0.2, 0.25) is 5.91 Å². The van der Waals surface area contributed by atoms with Crippen molar-refractivity contribution in [3.63, 3.8) is 0 Å². The number of nitrogens with one attached hydrogen (secondary N) is 2. The minimum atomic E-state index is -0.538. The van der Waals surface area contributed by atoms with Gasteiger partial charge < -0.3 is 29.7 Å². The van der Waals surface area contributed by atoms with E-state index in [-0.39, 0.29) is 30.0 Å². The molecule has 222 valence electrons. The van der Waals surface area contributed by atoms with Crippen LogP contribution in [0.5, 0.6) is 11.5 Å². The number of amides is 2. The van der Waals surface area contributed by atoms with E-state index in [1.54, 1.807) is 0 Å². The molecule has 2 amide bonds. The number of carbonyl (C=O) groups is 2. The summed E-state index contributed by atoms with van der Waals surface area (Å²) >= 11 is 0. The normalized spacial score (nSPS) is 23.1. The molecule has 0 radical (unpaired) electrons. The van der Waals surface area contributed by atoms with E-state index < -0.39 is 11.7 Å². The van der Waals surface area contributed by atoms with Crippen LogP contribution >= 0.6 is 0 Å². The maximum atomic E-state index is 12.9. The van der Waals surface area contributed by atoms with Gasteiger partial charge in [-0.3, -0.25) is 4.79 Å². The molecule has 2 aromatic carbocycles. The van der Waals surface area contributed by atoms with Gasteiger partial charge in [-0.2, -0.15) is 0 Å². The minimum Gasteiger partial charge on any atom is -0.493 e. The summed E-state index contributed by atoms with van der Waals surface area (Å²) in [6, 6.07) is 16.3. The zero-order valence-corrected chi connectivity index (χ0v) is 24.9. The van der Waals surface area contributed by atoms with Gasteiger partial charge in [0, 0.05) is 30.6 Å². The number of ether oxygens (including phenoxy) is 3. The number of alkyl carbamates (subject to hydrolysis) is 1. The lowest BCUT2D eigenvalue weighted by Gasteiger charge is -2.22. The van der Waals surface area contributed by atoms with Crippen molar-refractivity contribution in [2.24, 2.45) is 11.8 Å². The molecule has 5 rings (SSSR count). The van der Waals surface area contributed by atoms with Crippen LogP contribution in [0.2, 0.25) is 0 Å². The Labute approximate surface area is 244 Å². The zero-order valence-electron chi connectivity index (χ0n) is 24.9. The van der Waals surface area contributed by atoms with E-state index in [1.807, 2.05) is 52.0 Å². The van der Waals surface area contributed by atoms with Crippen LogP contribution < -0.4 is 25.0 Å². The van der Waals surface area contributed by atoms with Crippen LogP contribution in [0.25, 0.3) is 0 Å². The van der Waals surface area contributed by atoms with Crippen LogP contribution in [0.4, 0.5) is 10.5 Å². The zero-order chi connectivity index (χ0) is 29.0. The molecular weight excluding hydrogens is 518 g/mol. The molecule has 2 N–H and O–H groups in total. The molecule has 0 bridgehead atoms. The molecule has 1 heterocycles. The van der Waals surface area contributed by atoms with Crippen LogP contribution in [0.15, 0.2) is 48.5 Å². The Kier molecular flexibility index (Phi) is 8.95. The minimum absolute atomic E-state index is 0.0277. The Morgan fingerprint density at radius 2 is 1.66 bits per heavy atom. The monoisotopic (exact) mass is 563 g/mol. The second-order valence-electron chi connectivity index (χ2n) is 12.9. The van der Waals surface area contributed by atoms with E-state index in [9.17, 15) is 9.59 Å². The molecule has 3 fully saturated rings. The Morgan fingerprint density at radius 3 is 2.34 bits per heavy atom. The number of benzene rings is 2. The van der Waals surface area contributed by atoms with Gasteiger partial charge in [-0.05, 0) is 108 Å². The molecular formula is C33H45N3O5. The third kappa shape index (κ3) is 8.54. The van der Waals surface area contributed by atoms with Gasteiger partial charge in [0.05, 0.1) is 19.2 Å². The molecule has 1 saturated heterocycles. The average molecular weight is 564 g/mol. The van der Waals surface area contributed by atoms with E-state index in [1.165, 1.54) is 18.5 Å². The lowest BCUT2D eigenvalue weighted by Crippen LogP contribution is -2.38. The quantitative estimate of drug-likeness (QED) is 0.368. The van der Waals surface area contributed by atoms with Gasteiger partial charge in [-0.15, -0.1) is 0 Å². The summed E-state index contributed by atoms with van der Waals surface area (Å²) in [6.45, 7) is 10.2. The standard InChI is InChI=1S/C33H45N3O5/c1-22(34-31(37)25-7-10-26(19-25)35-32(38)41-33(2,3)4)24-8-13-29(14-9-24)40-30-17-18-36(20-30)27-11-15-28(16-12-27)39-21-23-5-6-23/h8-9,11-16,22-23,25-26,30H,5-7,10,17-21H2,1-4H3,(H,34,37)(H,35,38)/t22-,25?,26+,30+/m0/s1. The van der Waals surface area contributed by atoms with E-state index in [0.717, 1.165) is 61.9 Å². The summed E-state index contributed by atoms with van der Waals surface area (Å²) in [6.07, 6.45) is 5.43. The molecule has 2 saturated carbocycles. The van der Waals surface area contributed by atoms with Crippen molar-refractivity contribution in [3.8, 4) is 11.5 Å². The number of rotatable bonds is 10. The first-order valence-electron chi connectivity index (χ1n) is 15.2. The first-order valence-corrected chi connectivity index (χ1v) is 15.2. The van der Waals surface area contributed by atoms with E-state index in [2.05, 4.69) is 39.8 Å². The van der Waals surface area contributed by atoms with Crippen LogP contribution in [0.1, 0.15) is 77.8 Å². The predicted octanol–water partition coefficient (Wildman–Crippen LogP) is 6.00. The molecule has 1 aliphatic heterocycles. The SMILES string of the molecule is C[C@H](NC(=O)C1CC[C@@H](NC(=O)OC(C)(C)C)C1)c1ccc(O[C@@H]2CCN(c3ccc(OCC4CC4)cc3)C2)cc1. The molecule has 0 aromatic heterocycles. The Morgan fingerprint density at radius 1 is 0.951 bits per heavy atom. The fourth-order valence-corrected chi connectivity index (χ4v) is 5.58. The van der Waals surface area contributed by atoms with Crippen molar-refractivity contribution in [1.29, 1.82) is 0 Å². The van der Waals surface area contributed by atoms with E-state index >= 15 is 0 Å². The highest BCUT2D eigenvalue weighted by molar-refractivity contribution is 5.79. The smallest absolute Gasteiger partial charge is 0.407 e. The molecule has 8 nitrogen and oxygen atoms in total. The lowest BCUT2D eigenvalue weighted by atomic mass is 10.0. The summed E-state index contributed by atoms with van der Waals surface area (Å²) in [5.41, 5.74) is 1.69. The lowest BCUT2D eigenvalue weighted by molar-refractivity contribution is -0.125. The van der Waals surface area contributed by atoms with Crippen molar-refractivity contribution in [2.45, 2.75) is 90.0 Å². The van der Waals surface area contributed by atoms with Crippen LogP contribution in [-0.4, -0.2) is 49.4 Å². The van der Waals surface area contributed by atoms with E-state index in [0.29, 0.717) is 6.42 Å². The third-order valence-electron chi connectivity index (χ3n) is 8.10. The van der Waals surface area contributed by atoms with Gasteiger partial charge in [0.15, 0.2) is 0 Å². The third-order valence-corrected chi connectivity index (χ3v) is 8.10. The first kappa shape index (κ1) is 29.1. The number of hydrogen-bond acceptors (Lipinski definition) is 6. The van der Waals surface area contributed by atoms with Gasteiger partial charge in [0.1, 0.15) is 23.2 Å². The van der Waals surface area contributed by atoms with Gasteiger partial charge in [0.25, 0.3) is 0 Å². The Hall–Kier alpha value is -3.42. The number of nitrogens with zero attached hydrogens (tertiary/aromatic N) is 1. The molecule has 41 heavy (non-hydrogen) atoms.